The van der Waals surface area contributed by atoms with Crippen LogP contribution in [0.4, 0.5) is 11.6 Å². The van der Waals surface area contributed by atoms with Gasteiger partial charge in [0.2, 0.25) is 0 Å². The Kier molecular flexibility index (Phi) is 3.79. The summed E-state index contributed by atoms with van der Waals surface area (Å²) in [6, 6.07) is 8.30. The quantitative estimate of drug-likeness (QED) is 0.788. The first-order chi connectivity index (χ1) is 10.2. The first-order valence-corrected chi connectivity index (χ1v) is 7.43. The summed E-state index contributed by atoms with van der Waals surface area (Å²) in [5.74, 6) is 1.67. The van der Waals surface area contributed by atoms with Crippen LogP contribution in [0.3, 0.4) is 0 Å². The van der Waals surface area contributed by atoms with Gasteiger partial charge in [0.05, 0.1) is 6.20 Å². The van der Waals surface area contributed by atoms with E-state index in [1.165, 1.54) is 5.56 Å². The molecule has 0 unspecified atom stereocenters. The second-order valence-electron chi connectivity index (χ2n) is 4.84. The molecule has 0 radical (unpaired) electrons. The second kappa shape index (κ2) is 5.73. The summed E-state index contributed by atoms with van der Waals surface area (Å²) in [7, 11) is 3.89. The molecule has 0 saturated heterocycles. The lowest BCUT2D eigenvalue weighted by atomic mass is 10.2. The topological polar surface area (TPSA) is 45.5 Å². The van der Waals surface area contributed by atoms with Crippen molar-refractivity contribution >= 4 is 33.2 Å². The molecule has 0 fully saturated rings. The first-order valence-electron chi connectivity index (χ1n) is 6.64. The van der Waals surface area contributed by atoms with E-state index >= 15 is 0 Å². The Balaban J connectivity index is 1.94. The summed E-state index contributed by atoms with van der Waals surface area (Å²) in [6.45, 7) is 0.774. The molecule has 0 atom stereocenters. The van der Waals surface area contributed by atoms with Crippen LogP contribution in [0.25, 0.3) is 5.65 Å². The summed E-state index contributed by atoms with van der Waals surface area (Å²) in [5.41, 5.74) is 2.08. The van der Waals surface area contributed by atoms with Gasteiger partial charge in [0.1, 0.15) is 5.82 Å². The minimum Gasteiger partial charge on any atom is -0.372 e. The smallest absolute Gasteiger partial charge is 0.180 e. The molecular weight excluding hydrogens is 330 g/mol. The number of halogens is 1. The molecule has 3 rings (SSSR count). The van der Waals surface area contributed by atoms with E-state index in [0.717, 1.165) is 28.3 Å². The Bertz CT molecular complexity index is 750. The molecule has 1 aromatic carbocycles. The van der Waals surface area contributed by atoms with E-state index in [1.54, 1.807) is 6.20 Å². The van der Waals surface area contributed by atoms with Crippen LogP contribution in [0.5, 0.6) is 0 Å². The zero-order chi connectivity index (χ0) is 14.8. The van der Waals surface area contributed by atoms with Gasteiger partial charge in [-0.25, -0.2) is 9.97 Å². The third-order valence-corrected chi connectivity index (χ3v) is 3.84. The molecule has 2 heterocycles. The lowest BCUT2D eigenvalue weighted by Crippen LogP contribution is -2.19. The normalized spacial score (nSPS) is 10.8. The fraction of sp³-hybridized carbons (Fsp3) is 0.200. The van der Waals surface area contributed by atoms with Gasteiger partial charge in [-0.05, 0) is 17.7 Å². The fourth-order valence-electron chi connectivity index (χ4n) is 2.23. The Labute approximate surface area is 131 Å². The van der Waals surface area contributed by atoms with E-state index in [2.05, 4.69) is 48.2 Å². The van der Waals surface area contributed by atoms with Crippen molar-refractivity contribution in [2.45, 2.75) is 6.54 Å². The fourth-order valence-corrected chi connectivity index (χ4v) is 2.49. The van der Waals surface area contributed by atoms with Crippen LogP contribution in [0.1, 0.15) is 5.56 Å². The minimum absolute atomic E-state index is 0.774. The van der Waals surface area contributed by atoms with Crippen LogP contribution in [0.2, 0.25) is 0 Å². The van der Waals surface area contributed by atoms with Crippen molar-refractivity contribution in [3.05, 3.63) is 52.9 Å². The highest BCUT2D eigenvalue weighted by molar-refractivity contribution is 9.10. The Morgan fingerprint density at radius 2 is 2.05 bits per heavy atom. The van der Waals surface area contributed by atoms with Crippen molar-refractivity contribution in [2.75, 3.05) is 24.3 Å². The van der Waals surface area contributed by atoms with Crippen LogP contribution >= 0.6 is 15.9 Å². The number of anilines is 2. The monoisotopic (exact) mass is 345 g/mol. The number of nitrogens with zero attached hydrogens (tertiary/aromatic N) is 4. The Morgan fingerprint density at radius 1 is 1.29 bits per heavy atom. The van der Waals surface area contributed by atoms with E-state index < -0.39 is 0 Å². The number of imidazole rings is 1. The summed E-state index contributed by atoms with van der Waals surface area (Å²) in [5, 5.41) is 3.08. The highest BCUT2D eigenvalue weighted by Gasteiger charge is 2.12. The highest BCUT2D eigenvalue weighted by atomic mass is 79.9. The average Bonchev–Trinajstić information content (AvgIpc) is 2.96. The number of rotatable bonds is 4. The predicted octanol–water partition coefficient (Wildman–Crippen LogP) is 3.17. The molecule has 0 bridgehead atoms. The van der Waals surface area contributed by atoms with Gasteiger partial charge in [-0.1, -0.05) is 28.1 Å². The van der Waals surface area contributed by atoms with E-state index in [9.17, 15) is 0 Å². The molecule has 0 aliphatic carbocycles. The summed E-state index contributed by atoms with van der Waals surface area (Å²) in [6.07, 6.45) is 5.64. The lowest BCUT2D eigenvalue weighted by molar-refractivity contribution is 0.892. The van der Waals surface area contributed by atoms with Crippen LogP contribution in [-0.2, 0) is 6.54 Å². The third kappa shape index (κ3) is 2.85. The standard InChI is InChI=1S/C15H16BrN5/c1-17-13-10-21-8-7-18-14(21)15(19-13)20(2)9-11-3-5-12(16)6-4-11/h3-8,10,17H,9H2,1-2H3. The number of benzene rings is 1. The number of aromatic nitrogens is 3. The summed E-state index contributed by atoms with van der Waals surface area (Å²) in [4.78, 5) is 11.1. The maximum atomic E-state index is 4.63. The maximum absolute atomic E-state index is 4.63. The van der Waals surface area contributed by atoms with E-state index in [1.807, 2.05) is 43.0 Å². The van der Waals surface area contributed by atoms with Gasteiger partial charge in [0.15, 0.2) is 11.5 Å². The van der Waals surface area contributed by atoms with Crippen molar-refractivity contribution in [1.82, 2.24) is 14.4 Å². The van der Waals surface area contributed by atoms with Crippen molar-refractivity contribution in [3.63, 3.8) is 0 Å². The Morgan fingerprint density at radius 3 is 2.76 bits per heavy atom. The van der Waals surface area contributed by atoms with E-state index in [0.29, 0.717) is 0 Å². The van der Waals surface area contributed by atoms with Gasteiger partial charge in [-0.3, -0.25) is 0 Å². The zero-order valence-electron chi connectivity index (χ0n) is 11.9. The maximum Gasteiger partial charge on any atom is 0.180 e. The Hall–Kier alpha value is -2.08. The molecule has 0 spiro atoms. The molecule has 21 heavy (non-hydrogen) atoms. The molecule has 108 valence electrons. The largest absolute Gasteiger partial charge is 0.372 e. The zero-order valence-corrected chi connectivity index (χ0v) is 13.5. The second-order valence-corrected chi connectivity index (χ2v) is 5.76. The molecule has 6 heteroatoms. The number of hydrogen-bond donors (Lipinski definition) is 1. The van der Waals surface area contributed by atoms with E-state index in [4.69, 9.17) is 0 Å². The average molecular weight is 346 g/mol. The van der Waals surface area contributed by atoms with Crippen LogP contribution < -0.4 is 10.2 Å². The summed E-state index contributed by atoms with van der Waals surface area (Å²) < 4.78 is 3.06. The molecule has 1 N–H and O–H groups in total. The van der Waals surface area contributed by atoms with Crippen LogP contribution in [0, 0.1) is 0 Å². The molecule has 0 aliphatic heterocycles. The van der Waals surface area contributed by atoms with Gasteiger partial charge >= 0.3 is 0 Å². The van der Waals surface area contributed by atoms with Crippen molar-refractivity contribution < 1.29 is 0 Å². The molecule has 2 aromatic heterocycles. The number of fused-ring (bicyclic) bond motifs is 1. The van der Waals surface area contributed by atoms with Gasteiger partial charge in [-0.15, -0.1) is 0 Å². The first kappa shape index (κ1) is 13.9. The molecule has 0 amide bonds. The highest BCUT2D eigenvalue weighted by Crippen LogP contribution is 2.21. The molecule has 0 saturated carbocycles. The van der Waals surface area contributed by atoms with Crippen molar-refractivity contribution in [2.24, 2.45) is 0 Å². The van der Waals surface area contributed by atoms with Gasteiger partial charge in [0, 0.05) is 37.5 Å². The number of nitrogens with one attached hydrogen (secondary N) is 1. The van der Waals surface area contributed by atoms with Gasteiger partial charge in [-0.2, -0.15) is 0 Å². The van der Waals surface area contributed by atoms with Gasteiger partial charge in [0.25, 0.3) is 0 Å². The third-order valence-electron chi connectivity index (χ3n) is 3.31. The molecular formula is C15H16BrN5. The predicted molar refractivity (Wildman–Crippen MR) is 88.8 cm³/mol. The number of hydrogen-bond acceptors (Lipinski definition) is 4. The molecule has 5 nitrogen and oxygen atoms in total. The van der Waals surface area contributed by atoms with Crippen molar-refractivity contribution in [3.8, 4) is 0 Å². The molecule has 0 aliphatic rings. The van der Waals surface area contributed by atoms with Gasteiger partial charge < -0.3 is 14.6 Å². The van der Waals surface area contributed by atoms with Crippen LogP contribution in [-0.4, -0.2) is 28.5 Å². The minimum atomic E-state index is 0.774. The molecule has 3 aromatic rings. The van der Waals surface area contributed by atoms with Crippen LogP contribution in [0.15, 0.2) is 47.3 Å². The summed E-state index contributed by atoms with van der Waals surface area (Å²) >= 11 is 3.46. The lowest BCUT2D eigenvalue weighted by Gasteiger charge is -2.19. The SMILES string of the molecule is CNc1cn2ccnc2c(N(C)Cc2ccc(Br)cc2)n1. The van der Waals surface area contributed by atoms with Crippen molar-refractivity contribution in [1.29, 1.82) is 0 Å². The van der Waals surface area contributed by atoms with E-state index in [-0.39, 0.29) is 0 Å².